The van der Waals surface area contributed by atoms with Crippen molar-refractivity contribution in [2.45, 2.75) is 64.2 Å². The van der Waals surface area contributed by atoms with Gasteiger partial charge in [0.2, 0.25) is 0 Å². The molecule has 0 radical (unpaired) electrons. The molecule has 1 saturated carbocycles. The van der Waals surface area contributed by atoms with E-state index >= 15 is 0 Å². The summed E-state index contributed by atoms with van der Waals surface area (Å²) in [6.07, 6.45) is 2.18. The van der Waals surface area contributed by atoms with Crippen LogP contribution in [0.25, 0.3) is 0 Å². The Morgan fingerprint density at radius 3 is 2.29 bits per heavy atom. The van der Waals surface area contributed by atoms with E-state index in [2.05, 4.69) is 10.3 Å². The molecule has 5 nitrogen and oxygen atoms in total. The number of rotatable bonds is 3. The molecule has 2 N–H and O–H groups in total. The molecule has 7 heteroatoms. The maximum Gasteiger partial charge on any atom is 0.407 e. The smallest absolute Gasteiger partial charge is 0.407 e. The van der Waals surface area contributed by atoms with Gasteiger partial charge in [-0.15, -0.1) is 0 Å². The third-order valence-corrected chi connectivity index (χ3v) is 4.45. The number of aliphatic hydroxyl groups is 1. The van der Waals surface area contributed by atoms with Crippen molar-refractivity contribution < 1.29 is 14.6 Å². The standard InChI is InChI=1S/C17H24Cl2N2O3/c1-17(2,3)24-16(23)20-12-6-4-10(5-7-12)15(22)11-8-13(18)21-14(19)9-11/h8-10,12,15,22H,4-7H2,1-3H3,(H,20,23). The molecule has 0 aliphatic heterocycles. The fourth-order valence-electron chi connectivity index (χ4n) is 2.98. The lowest BCUT2D eigenvalue weighted by Gasteiger charge is -2.32. The van der Waals surface area contributed by atoms with Crippen molar-refractivity contribution in [3.05, 3.63) is 28.0 Å². The van der Waals surface area contributed by atoms with E-state index in [4.69, 9.17) is 27.9 Å². The zero-order chi connectivity index (χ0) is 17.9. The summed E-state index contributed by atoms with van der Waals surface area (Å²) in [6.45, 7) is 5.51. The number of aromatic nitrogens is 1. The fourth-order valence-corrected chi connectivity index (χ4v) is 3.46. The van der Waals surface area contributed by atoms with Crippen LogP contribution in [0.2, 0.25) is 10.3 Å². The number of amides is 1. The Morgan fingerprint density at radius 2 is 1.79 bits per heavy atom. The number of ether oxygens (including phenoxy) is 1. The predicted molar refractivity (Wildman–Crippen MR) is 94.3 cm³/mol. The highest BCUT2D eigenvalue weighted by Gasteiger charge is 2.29. The molecular formula is C17H24Cl2N2O3. The highest BCUT2D eigenvalue weighted by Crippen LogP contribution is 2.35. The van der Waals surface area contributed by atoms with Crippen LogP contribution in [-0.4, -0.2) is 27.8 Å². The number of hydrogen-bond donors (Lipinski definition) is 2. The van der Waals surface area contributed by atoms with Gasteiger partial charge in [-0.1, -0.05) is 23.2 Å². The van der Waals surface area contributed by atoms with Crippen molar-refractivity contribution in [3.63, 3.8) is 0 Å². The van der Waals surface area contributed by atoms with Gasteiger partial charge in [-0.3, -0.25) is 0 Å². The second kappa shape index (κ2) is 7.89. The number of carbonyl (C=O) groups excluding carboxylic acids is 1. The number of aliphatic hydroxyl groups excluding tert-OH is 1. The van der Waals surface area contributed by atoms with Crippen LogP contribution in [0.15, 0.2) is 12.1 Å². The van der Waals surface area contributed by atoms with Gasteiger partial charge in [0.1, 0.15) is 15.9 Å². The topological polar surface area (TPSA) is 71.5 Å². The molecule has 1 aromatic heterocycles. The summed E-state index contributed by atoms with van der Waals surface area (Å²) in [5, 5.41) is 14.0. The molecule has 1 fully saturated rings. The molecule has 0 saturated heterocycles. The van der Waals surface area contributed by atoms with Gasteiger partial charge in [0.15, 0.2) is 0 Å². The summed E-state index contributed by atoms with van der Waals surface area (Å²) in [5.74, 6) is 0.108. The minimum atomic E-state index is -0.634. The average Bonchev–Trinajstić information content (AvgIpc) is 2.44. The molecule has 0 spiro atoms. The zero-order valence-electron chi connectivity index (χ0n) is 14.2. The Balaban J connectivity index is 1.87. The number of hydrogen-bond acceptors (Lipinski definition) is 4. The summed E-state index contributed by atoms with van der Waals surface area (Å²) in [4.78, 5) is 15.7. The van der Waals surface area contributed by atoms with Crippen molar-refractivity contribution in [1.82, 2.24) is 10.3 Å². The van der Waals surface area contributed by atoms with Gasteiger partial charge in [-0.25, -0.2) is 9.78 Å². The van der Waals surface area contributed by atoms with Gasteiger partial charge in [-0.2, -0.15) is 0 Å². The van der Waals surface area contributed by atoms with Crippen LogP contribution in [0, 0.1) is 5.92 Å². The number of alkyl carbamates (subject to hydrolysis) is 1. The first-order chi connectivity index (χ1) is 11.1. The Kier molecular flexibility index (Phi) is 6.34. The minimum absolute atomic E-state index is 0.0768. The van der Waals surface area contributed by atoms with Crippen molar-refractivity contribution in [2.75, 3.05) is 0 Å². The third-order valence-electron chi connectivity index (χ3n) is 4.07. The van der Waals surface area contributed by atoms with Crippen LogP contribution in [0.4, 0.5) is 4.79 Å². The van der Waals surface area contributed by atoms with E-state index in [0.29, 0.717) is 5.56 Å². The van der Waals surface area contributed by atoms with Gasteiger partial charge in [0.05, 0.1) is 6.10 Å². The van der Waals surface area contributed by atoms with E-state index in [0.717, 1.165) is 25.7 Å². The van der Waals surface area contributed by atoms with Gasteiger partial charge >= 0.3 is 6.09 Å². The van der Waals surface area contributed by atoms with Gasteiger partial charge < -0.3 is 15.2 Å². The van der Waals surface area contributed by atoms with E-state index in [9.17, 15) is 9.90 Å². The quantitative estimate of drug-likeness (QED) is 0.763. The largest absolute Gasteiger partial charge is 0.444 e. The molecule has 0 aromatic carbocycles. The molecule has 1 unspecified atom stereocenters. The van der Waals surface area contributed by atoms with Crippen LogP contribution in [0.5, 0.6) is 0 Å². The Hall–Kier alpha value is -1.04. The SMILES string of the molecule is CC(C)(C)OC(=O)NC1CCC(C(O)c2cc(Cl)nc(Cl)c2)CC1. The summed E-state index contributed by atoms with van der Waals surface area (Å²) in [7, 11) is 0. The molecule has 1 heterocycles. The summed E-state index contributed by atoms with van der Waals surface area (Å²) in [5.41, 5.74) is 0.181. The lowest BCUT2D eigenvalue weighted by Crippen LogP contribution is -2.41. The van der Waals surface area contributed by atoms with Crippen LogP contribution < -0.4 is 5.32 Å². The molecule has 1 amide bonds. The fraction of sp³-hybridized carbons (Fsp3) is 0.647. The van der Waals surface area contributed by atoms with Crippen LogP contribution in [-0.2, 0) is 4.74 Å². The third kappa shape index (κ3) is 5.80. The first kappa shape index (κ1) is 19.3. The van der Waals surface area contributed by atoms with Crippen molar-refractivity contribution in [3.8, 4) is 0 Å². The maximum absolute atomic E-state index is 11.8. The van der Waals surface area contributed by atoms with Crippen LogP contribution in [0.1, 0.15) is 58.1 Å². The predicted octanol–water partition coefficient (Wildman–Crippen LogP) is 4.51. The van der Waals surface area contributed by atoms with E-state index in [1.807, 2.05) is 20.8 Å². The van der Waals surface area contributed by atoms with E-state index in [1.54, 1.807) is 12.1 Å². The minimum Gasteiger partial charge on any atom is -0.444 e. The average molecular weight is 375 g/mol. The molecular weight excluding hydrogens is 351 g/mol. The Bertz CT molecular complexity index is 561. The number of nitrogens with one attached hydrogen (secondary N) is 1. The zero-order valence-corrected chi connectivity index (χ0v) is 15.7. The van der Waals surface area contributed by atoms with Crippen molar-refractivity contribution in [1.29, 1.82) is 0 Å². The van der Waals surface area contributed by atoms with Crippen molar-refractivity contribution in [2.24, 2.45) is 5.92 Å². The lowest BCUT2D eigenvalue weighted by atomic mass is 9.81. The van der Waals surface area contributed by atoms with E-state index < -0.39 is 11.7 Å². The van der Waals surface area contributed by atoms with Crippen molar-refractivity contribution >= 4 is 29.3 Å². The van der Waals surface area contributed by atoms with Crippen LogP contribution >= 0.6 is 23.2 Å². The monoisotopic (exact) mass is 374 g/mol. The second-order valence-electron chi connectivity index (χ2n) is 7.25. The summed E-state index contributed by atoms with van der Waals surface area (Å²) >= 11 is 11.8. The molecule has 1 atom stereocenters. The Morgan fingerprint density at radius 1 is 1.25 bits per heavy atom. The molecule has 1 aromatic rings. The summed E-state index contributed by atoms with van der Waals surface area (Å²) < 4.78 is 5.27. The number of nitrogens with zero attached hydrogens (tertiary/aromatic N) is 1. The first-order valence-electron chi connectivity index (χ1n) is 8.14. The molecule has 1 aliphatic carbocycles. The van der Waals surface area contributed by atoms with Gasteiger partial charge in [-0.05, 0) is 70.1 Å². The molecule has 2 rings (SSSR count). The van der Waals surface area contributed by atoms with Gasteiger partial charge in [0.25, 0.3) is 0 Å². The molecule has 24 heavy (non-hydrogen) atoms. The maximum atomic E-state index is 11.8. The molecule has 0 bridgehead atoms. The highest BCUT2D eigenvalue weighted by molar-refractivity contribution is 6.32. The molecule has 1 aliphatic rings. The molecule has 134 valence electrons. The van der Waals surface area contributed by atoms with Gasteiger partial charge in [0, 0.05) is 6.04 Å². The normalized spacial score (nSPS) is 22.8. The Labute approximate surface area is 152 Å². The first-order valence-corrected chi connectivity index (χ1v) is 8.90. The highest BCUT2D eigenvalue weighted by atomic mass is 35.5. The van der Waals surface area contributed by atoms with E-state index in [-0.39, 0.29) is 28.4 Å². The number of carbonyl (C=O) groups is 1. The number of halogens is 2. The van der Waals surface area contributed by atoms with Crippen LogP contribution in [0.3, 0.4) is 0 Å². The summed E-state index contributed by atoms with van der Waals surface area (Å²) in [6, 6.07) is 3.36. The van der Waals surface area contributed by atoms with E-state index in [1.165, 1.54) is 0 Å². The lowest BCUT2D eigenvalue weighted by molar-refractivity contribution is 0.0449. The number of pyridine rings is 1. The second-order valence-corrected chi connectivity index (χ2v) is 8.02.